The van der Waals surface area contributed by atoms with E-state index in [9.17, 15) is 14.0 Å². The van der Waals surface area contributed by atoms with Crippen LogP contribution in [0.2, 0.25) is 0 Å². The highest BCUT2D eigenvalue weighted by atomic mass is 19.1. The van der Waals surface area contributed by atoms with Crippen molar-refractivity contribution >= 4 is 23.4 Å². The van der Waals surface area contributed by atoms with Crippen LogP contribution in [0.3, 0.4) is 0 Å². The Balaban J connectivity index is 1.60. The summed E-state index contributed by atoms with van der Waals surface area (Å²) < 4.78 is 14.9. The van der Waals surface area contributed by atoms with Crippen molar-refractivity contribution in [2.75, 3.05) is 30.3 Å². The molecule has 26 heavy (non-hydrogen) atoms. The van der Waals surface area contributed by atoms with Crippen molar-refractivity contribution in [3.05, 3.63) is 42.3 Å². The van der Waals surface area contributed by atoms with E-state index < -0.39 is 18.5 Å². The molecule has 0 radical (unpaired) electrons. The van der Waals surface area contributed by atoms with Crippen molar-refractivity contribution in [2.45, 2.75) is 18.9 Å². The van der Waals surface area contributed by atoms with Crippen molar-refractivity contribution in [1.82, 2.24) is 14.7 Å². The van der Waals surface area contributed by atoms with Gasteiger partial charge in [0.1, 0.15) is 18.2 Å². The third-order valence-electron chi connectivity index (χ3n) is 4.29. The van der Waals surface area contributed by atoms with E-state index in [4.69, 9.17) is 5.11 Å². The lowest BCUT2D eigenvalue weighted by atomic mass is 10.1. The number of piperidine rings is 1. The summed E-state index contributed by atoms with van der Waals surface area (Å²) in [5, 5.41) is 18.5. The Hall–Kier alpha value is -2.94. The number of amides is 3. The van der Waals surface area contributed by atoms with Gasteiger partial charge < -0.3 is 15.3 Å². The van der Waals surface area contributed by atoms with Crippen LogP contribution in [0, 0.1) is 5.82 Å². The van der Waals surface area contributed by atoms with Crippen LogP contribution in [-0.4, -0.2) is 51.4 Å². The number of urea groups is 1. The van der Waals surface area contributed by atoms with Gasteiger partial charge in [0.2, 0.25) is 5.91 Å². The van der Waals surface area contributed by atoms with E-state index in [0.717, 1.165) is 0 Å². The molecular formula is C17H20FN5O3. The van der Waals surface area contributed by atoms with Gasteiger partial charge >= 0.3 is 6.03 Å². The molecule has 2 heterocycles. The molecule has 0 aliphatic carbocycles. The molecule has 138 valence electrons. The number of carbonyl (C=O) groups excluding carboxylic acids is 2. The SMILES string of the molecule is O=C(Nc1cccc(F)c1)Nc1ccnn1C1CCN(C(=O)CO)CC1. The average Bonchev–Trinajstić information content (AvgIpc) is 3.09. The molecular weight excluding hydrogens is 341 g/mol. The number of benzene rings is 1. The Morgan fingerprint density at radius 2 is 2.00 bits per heavy atom. The number of carbonyl (C=O) groups is 2. The number of rotatable bonds is 4. The second-order valence-corrected chi connectivity index (χ2v) is 6.02. The van der Waals surface area contributed by atoms with E-state index >= 15 is 0 Å². The lowest BCUT2D eigenvalue weighted by Crippen LogP contribution is -2.40. The van der Waals surface area contributed by atoms with Gasteiger partial charge in [0.05, 0.1) is 12.2 Å². The van der Waals surface area contributed by atoms with Crippen molar-refractivity contribution in [3.8, 4) is 0 Å². The van der Waals surface area contributed by atoms with Crippen LogP contribution >= 0.6 is 0 Å². The molecule has 3 N–H and O–H groups in total. The van der Waals surface area contributed by atoms with E-state index in [-0.39, 0.29) is 11.9 Å². The molecule has 0 unspecified atom stereocenters. The van der Waals surface area contributed by atoms with Crippen LogP contribution in [0.1, 0.15) is 18.9 Å². The van der Waals surface area contributed by atoms with Crippen LogP contribution in [0.4, 0.5) is 20.7 Å². The topological polar surface area (TPSA) is 99.5 Å². The molecule has 3 amide bonds. The van der Waals surface area contributed by atoms with Crippen molar-refractivity contribution in [2.24, 2.45) is 0 Å². The highest BCUT2D eigenvalue weighted by Gasteiger charge is 2.25. The summed E-state index contributed by atoms with van der Waals surface area (Å²) in [4.78, 5) is 25.3. The highest BCUT2D eigenvalue weighted by Crippen LogP contribution is 2.25. The molecule has 9 heteroatoms. The smallest absolute Gasteiger partial charge is 0.324 e. The Labute approximate surface area is 149 Å². The number of aliphatic hydroxyl groups is 1. The zero-order valence-electron chi connectivity index (χ0n) is 14.1. The van der Waals surface area contributed by atoms with Gasteiger partial charge in [-0.25, -0.2) is 13.9 Å². The zero-order valence-corrected chi connectivity index (χ0v) is 14.1. The number of likely N-dealkylation sites (tertiary alicyclic amines) is 1. The third-order valence-corrected chi connectivity index (χ3v) is 4.29. The second-order valence-electron chi connectivity index (χ2n) is 6.02. The maximum absolute atomic E-state index is 13.2. The van der Waals surface area contributed by atoms with E-state index in [1.807, 2.05) is 0 Å². The fourth-order valence-electron chi connectivity index (χ4n) is 3.01. The first kappa shape index (κ1) is 17.9. The standard InChI is InChI=1S/C17H20FN5O3/c18-12-2-1-3-13(10-12)20-17(26)21-15-4-7-19-23(15)14-5-8-22(9-6-14)16(25)11-24/h1-4,7,10,14,24H,5-6,8-9,11H2,(H2,20,21,26). The average molecular weight is 361 g/mol. The largest absolute Gasteiger partial charge is 0.387 e. The second kappa shape index (κ2) is 7.96. The molecule has 1 saturated heterocycles. The molecule has 3 rings (SSSR count). The summed E-state index contributed by atoms with van der Waals surface area (Å²) in [6, 6.07) is 6.85. The van der Waals surface area contributed by atoms with Crippen LogP contribution in [0.15, 0.2) is 36.5 Å². The Morgan fingerprint density at radius 3 is 2.69 bits per heavy atom. The predicted molar refractivity (Wildman–Crippen MR) is 93.2 cm³/mol. The molecule has 1 aliphatic heterocycles. The minimum Gasteiger partial charge on any atom is -0.387 e. The van der Waals surface area contributed by atoms with Crippen molar-refractivity contribution in [1.29, 1.82) is 0 Å². The quantitative estimate of drug-likeness (QED) is 0.773. The monoisotopic (exact) mass is 361 g/mol. The molecule has 1 fully saturated rings. The zero-order chi connectivity index (χ0) is 18.5. The third kappa shape index (κ3) is 4.17. The summed E-state index contributed by atoms with van der Waals surface area (Å²) in [6.07, 6.45) is 2.93. The maximum Gasteiger partial charge on any atom is 0.324 e. The van der Waals surface area contributed by atoms with Gasteiger partial charge in [-0.15, -0.1) is 0 Å². The van der Waals surface area contributed by atoms with E-state index in [0.29, 0.717) is 37.4 Å². The van der Waals surface area contributed by atoms with E-state index in [2.05, 4.69) is 15.7 Å². The van der Waals surface area contributed by atoms with Crippen LogP contribution in [0.5, 0.6) is 0 Å². The molecule has 1 aliphatic rings. The molecule has 0 saturated carbocycles. The maximum atomic E-state index is 13.2. The molecule has 2 aromatic rings. The number of nitrogens with zero attached hydrogens (tertiary/aromatic N) is 3. The Morgan fingerprint density at radius 1 is 1.23 bits per heavy atom. The molecule has 1 aromatic heterocycles. The van der Waals surface area contributed by atoms with Gasteiger partial charge in [0, 0.05) is 24.8 Å². The summed E-state index contributed by atoms with van der Waals surface area (Å²) in [5.74, 6) is -0.195. The normalized spacial score (nSPS) is 14.9. The number of aliphatic hydroxyl groups excluding tert-OH is 1. The van der Waals surface area contributed by atoms with Gasteiger partial charge in [-0.05, 0) is 31.0 Å². The summed E-state index contributed by atoms with van der Waals surface area (Å²) in [5.41, 5.74) is 0.351. The predicted octanol–water partition coefficient (Wildman–Crippen LogP) is 1.82. The first-order valence-corrected chi connectivity index (χ1v) is 8.32. The number of nitrogens with one attached hydrogen (secondary N) is 2. The minimum absolute atomic E-state index is 0.0391. The van der Waals surface area contributed by atoms with Gasteiger partial charge in [0.25, 0.3) is 0 Å². The highest BCUT2D eigenvalue weighted by molar-refractivity contribution is 5.99. The van der Waals surface area contributed by atoms with Crippen LogP contribution in [-0.2, 0) is 4.79 Å². The summed E-state index contributed by atoms with van der Waals surface area (Å²) >= 11 is 0. The van der Waals surface area contributed by atoms with Crippen LogP contribution < -0.4 is 10.6 Å². The minimum atomic E-state index is -0.495. The molecule has 8 nitrogen and oxygen atoms in total. The fraction of sp³-hybridized carbons (Fsp3) is 0.353. The fourth-order valence-corrected chi connectivity index (χ4v) is 3.01. The first-order valence-electron chi connectivity index (χ1n) is 8.32. The Kier molecular flexibility index (Phi) is 5.47. The molecule has 0 bridgehead atoms. The lowest BCUT2D eigenvalue weighted by Gasteiger charge is -2.32. The van der Waals surface area contributed by atoms with Gasteiger partial charge in [-0.3, -0.25) is 10.1 Å². The summed E-state index contributed by atoms with van der Waals surface area (Å²) in [6.45, 7) is 0.567. The van der Waals surface area contributed by atoms with Crippen molar-refractivity contribution in [3.63, 3.8) is 0 Å². The van der Waals surface area contributed by atoms with E-state index in [1.54, 1.807) is 27.9 Å². The number of halogens is 1. The van der Waals surface area contributed by atoms with Crippen molar-refractivity contribution < 1.29 is 19.1 Å². The summed E-state index contributed by atoms with van der Waals surface area (Å²) in [7, 11) is 0. The molecule has 1 aromatic carbocycles. The van der Waals surface area contributed by atoms with Gasteiger partial charge in [-0.2, -0.15) is 5.10 Å². The number of hydrogen-bond acceptors (Lipinski definition) is 4. The number of anilines is 2. The first-order chi connectivity index (χ1) is 12.6. The molecule has 0 spiro atoms. The van der Waals surface area contributed by atoms with Crippen LogP contribution in [0.25, 0.3) is 0 Å². The Bertz CT molecular complexity index is 786. The van der Waals surface area contributed by atoms with Gasteiger partial charge in [0.15, 0.2) is 0 Å². The molecule has 0 atom stereocenters. The van der Waals surface area contributed by atoms with E-state index in [1.165, 1.54) is 18.2 Å². The number of aromatic nitrogens is 2. The number of hydrogen-bond donors (Lipinski definition) is 3. The lowest BCUT2D eigenvalue weighted by molar-refractivity contribution is -0.135. The van der Waals surface area contributed by atoms with Gasteiger partial charge in [-0.1, -0.05) is 6.07 Å².